The largest absolute Gasteiger partial charge is 0.396 e. The van der Waals surface area contributed by atoms with Crippen molar-refractivity contribution in [3.8, 4) is 10.4 Å². The molecule has 4 heteroatoms. The maximum Gasteiger partial charge on any atom is 0.159 e. The van der Waals surface area contributed by atoms with E-state index in [0.29, 0.717) is 6.42 Å². The van der Waals surface area contributed by atoms with E-state index in [-0.39, 0.29) is 6.61 Å². The van der Waals surface area contributed by atoms with Gasteiger partial charge < -0.3 is 10.1 Å². The molecule has 2 N–H and O–H groups in total. The van der Waals surface area contributed by atoms with Crippen LogP contribution in [-0.4, -0.2) is 16.7 Å². The summed E-state index contributed by atoms with van der Waals surface area (Å²) in [6.45, 7) is 0.141. The fraction of sp³-hybridized carbons (Fsp3) is 0.182. The van der Waals surface area contributed by atoms with Gasteiger partial charge in [0.2, 0.25) is 0 Å². The molecule has 0 aliphatic carbocycles. The molecule has 0 bridgehead atoms. The van der Waals surface area contributed by atoms with E-state index in [1.165, 1.54) is 0 Å². The van der Waals surface area contributed by atoms with E-state index in [9.17, 15) is 0 Å². The van der Waals surface area contributed by atoms with Gasteiger partial charge in [-0.2, -0.15) is 0 Å². The Morgan fingerprint density at radius 2 is 2.00 bits per heavy atom. The van der Waals surface area contributed by atoms with Crippen molar-refractivity contribution >= 4 is 23.6 Å². The average Bonchev–Trinajstić information content (AvgIpc) is 2.62. The Bertz CT molecular complexity index is 487. The molecule has 0 radical (unpaired) electrons. The van der Waals surface area contributed by atoms with Crippen molar-refractivity contribution in [3.05, 3.63) is 40.0 Å². The van der Waals surface area contributed by atoms with Crippen molar-refractivity contribution in [1.82, 2.24) is 4.98 Å². The van der Waals surface area contributed by atoms with Gasteiger partial charge in [-0.05, 0) is 17.8 Å². The summed E-state index contributed by atoms with van der Waals surface area (Å²) in [6.07, 6.45) is 0.622. The van der Waals surface area contributed by atoms with E-state index in [1.54, 1.807) is 11.3 Å². The Morgan fingerprint density at radius 3 is 2.67 bits per heavy atom. The van der Waals surface area contributed by atoms with E-state index in [2.05, 4.69) is 17.1 Å². The SMILES string of the molecule is OCCc1[nH]c(=S)sc1-c1ccccc1. The number of H-pyrrole nitrogens is 1. The molecule has 0 spiro atoms. The number of nitrogens with one attached hydrogen (secondary N) is 1. The van der Waals surface area contributed by atoms with Crippen molar-refractivity contribution in [2.45, 2.75) is 6.42 Å². The Hall–Kier alpha value is -0.970. The van der Waals surface area contributed by atoms with Crippen LogP contribution in [0, 0.1) is 3.95 Å². The minimum absolute atomic E-state index is 0.141. The van der Waals surface area contributed by atoms with Crippen LogP contribution in [0.5, 0.6) is 0 Å². The monoisotopic (exact) mass is 237 g/mol. The number of rotatable bonds is 3. The van der Waals surface area contributed by atoms with Crippen molar-refractivity contribution in [2.24, 2.45) is 0 Å². The topological polar surface area (TPSA) is 36.0 Å². The third-order valence-corrected chi connectivity index (χ3v) is 3.45. The van der Waals surface area contributed by atoms with Gasteiger partial charge in [0, 0.05) is 18.7 Å². The highest BCUT2D eigenvalue weighted by Gasteiger charge is 2.07. The second kappa shape index (κ2) is 4.70. The predicted molar refractivity (Wildman–Crippen MR) is 65.7 cm³/mol. The van der Waals surface area contributed by atoms with Gasteiger partial charge in [-0.3, -0.25) is 0 Å². The number of benzene rings is 1. The molecule has 0 aliphatic heterocycles. The summed E-state index contributed by atoms with van der Waals surface area (Å²) in [4.78, 5) is 4.25. The lowest BCUT2D eigenvalue weighted by Gasteiger charge is -2.00. The molecule has 1 aromatic carbocycles. The lowest BCUT2D eigenvalue weighted by molar-refractivity contribution is 0.298. The average molecular weight is 237 g/mol. The zero-order valence-corrected chi connectivity index (χ0v) is 9.70. The molecule has 0 saturated carbocycles. The standard InChI is InChI=1S/C11H11NOS2/c13-7-6-9-10(15-11(14)12-9)8-4-2-1-3-5-8/h1-5,13H,6-7H2,(H,12,14). The van der Waals surface area contributed by atoms with Crippen LogP contribution in [0.25, 0.3) is 10.4 Å². The number of aromatic amines is 1. The number of hydrogen-bond acceptors (Lipinski definition) is 3. The summed E-state index contributed by atoms with van der Waals surface area (Å²) in [5, 5.41) is 8.95. The van der Waals surface area contributed by atoms with Crippen LogP contribution < -0.4 is 0 Å². The van der Waals surface area contributed by atoms with E-state index in [4.69, 9.17) is 17.3 Å². The summed E-state index contributed by atoms with van der Waals surface area (Å²) >= 11 is 6.67. The fourth-order valence-electron chi connectivity index (χ4n) is 1.47. The Labute approximate surface area is 97.2 Å². The molecule has 15 heavy (non-hydrogen) atoms. The van der Waals surface area contributed by atoms with Crippen LogP contribution in [-0.2, 0) is 6.42 Å². The van der Waals surface area contributed by atoms with Gasteiger partial charge in [0.05, 0.1) is 4.88 Å². The van der Waals surface area contributed by atoms with Crippen LogP contribution in [0.3, 0.4) is 0 Å². The van der Waals surface area contributed by atoms with Gasteiger partial charge in [0.25, 0.3) is 0 Å². The molecule has 78 valence electrons. The normalized spacial score (nSPS) is 10.5. The Morgan fingerprint density at radius 1 is 1.27 bits per heavy atom. The zero-order valence-electron chi connectivity index (χ0n) is 8.06. The van der Waals surface area contributed by atoms with Gasteiger partial charge in [0.1, 0.15) is 0 Å². The van der Waals surface area contributed by atoms with E-state index < -0.39 is 0 Å². The van der Waals surface area contributed by atoms with E-state index in [1.807, 2.05) is 18.2 Å². The summed E-state index contributed by atoms with van der Waals surface area (Å²) < 4.78 is 0.761. The maximum atomic E-state index is 8.95. The third-order valence-electron chi connectivity index (χ3n) is 2.12. The molecule has 2 aromatic rings. The third kappa shape index (κ3) is 2.34. The number of aliphatic hydroxyl groups is 1. The van der Waals surface area contributed by atoms with Crippen LogP contribution in [0.15, 0.2) is 30.3 Å². The highest BCUT2D eigenvalue weighted by atomic mass is 32.1. The lowest BCUT2D eigenvalue weighted by Crippen LogP contribution is -1.92. The molecule has 0 amide bonds. The molecule has 0 saturated heterocycles. The second-order valence-electron chi connectivity index (χ2n) is 3.16. The van der Waals surface area contributed by atoms with Crippen LogP contribution in [0.1, 0.15) is 5.69 Å². The molecule has 0 unspecified atom stereocenters. The number of hydrogen-bond donors (Lipinski definition) is 2. The smallest absolute Gasteiger partial charge is 0.159 e. The highest BCUT2D eigenvalue weighted by Crippen LogP contribution is 2.28. The number of thiazole rings is 1. The predicted octanol–water partition coefficient (Wildman–Crippen LogP) is 3.01. The fourth-order valence-corrected chi connectivity index (χ4v) is 2.73. The second-order valence-corrected chi connectivity index (χ2v) is 4.85. The molecule has 0 fully saturated rings. The van der Waals surface area contributed by atoms with Gasteiger partial charge in [-0.25, -0.2) is 0 Å². The first-order chi connectivity index (χ1) is 7.31. The molecule has 0 atom stereocenters. The number of aromatic nitrogens is 1. The van der Waals surface area contributed by atoms with E-state index in [0.717, 1.165) is 20.1 Å². The molecule has 2 rings (SSSR count). The molecule has 1 heterocycles. The van der Waals surface area contributed by atoms with Crippen LogP contribution >= 0.6 is 23.6 Å². The van der Waals surface area contributed by atoms with Crippen LogP contribution in [0.2, 0.25) is 0 Å². The van der Waals surface area contributed by atoms with Crippen molar-refractivity contribution < 1.29 is 5.11 Å². The first kappa shape index (κ1) is 10.5. The molecular formula is C11H11NOS2. The molecule has 0 aliphatic rings. The Balaban J connectivity index is 2.48. The molecule has 1 aromatic heterocycles. The van der Waals surface area contributed by atoms with Gasteiger partial charge in [-0.15, -0.1) is 11.3 Å². The minimum Gasteiger partial charge on any atom is -0.396 e. The first-order valence-electron chi connectivity index (χ1n) is 4.69. The maximum absolute atomic E-state index is 8.95. The highest BCUT2D eigenvalue weighted by molar-refractivity contribution is 7.73. The van der Waals surface area contributed by atoms with Crippen molar-refractivity contribution in [3.63, 3.8) is 0 Å². The van der Waals surface area contributed by atoms with Crippen LogP contribution in [0.4, 0.5) is 0 Å². The van der Waals surface area contributed by atoms with Gasteiger partial charge in [0.15, 0.2) is 3.95 Å². The minimum atomic E-state index is 0.141. The summed E-state index contributed by atoms with van der Waals surface area (Å²) in [5.41, 5.74) is 2.18. The quantitative estimate of drug-likeness (QED) is 0.805. The van der Waals surface area contributed by atoms with Crippen molar-refractivity contribution in [1.29, 1.82) is 0 Å². The van der Waals surface area contributed by atoms with E-state index >= 15 is 0 Å². The summed E-state index contributed by atoms with van der Waals surface area (Å²) in [5.74, 6) is 0. The molecular weight excluding hydrogens is 226 g/mol. The Kier molecular flexibility index (Phi) is 3.30. The number of aliphatic hydroxyl groups excluding tert-OH is 1. The summed E-state index contributed by atoms with van der Waals surface area (Å²) in [7, 11) is 0. The first-order valence-corrected chi connectivity index (χ1v) is 5.92. The van der Waals surface area contributed by atoms with Gasteiger partial charge >= 0.3 is 0 Å². The summed E-state index contributed by atoms with van der Waals surface area (Å²) in [6, 6.07) is 10.1. The molecule has 2 nitrogen and oxygen atoms in total. The zero-order chi connectivity index (χ0) is 10.7. The van der Waals surface area contributed by atoms with Crippen molar-refractivity contribution in [2.75, 3.05) is 6.61 Å². The lowest BCUT2D eigenvalue weighted by atomic mass is 10.1. The van der Waals surface area contributed by atoms with Gasteiger partial charge in [-0.1, -0.05) is 30.3 Å².